The van der Waals surface area contributed by atoms with Crippen LogP contribution in [0.2, 0.25) is 0 Å². The number of carbonyl (C=O) groups is 1. The number of amides is 1. The van der Waals surface area contributed by atoms with Crippen molar-refractivity contribution in [2.45, 2.75) is 45.1 Å². The molecule has 0 spiro atoms. The summed E-state index contributed by atoms with van der Waals surface area (Å²) in [5, 5.41) is 18.1. The number of phenolic OH excluding ortho intramolecular Hbond substituents is 1. The lowest BCUT2D eigenvalue weighted by atomic mass is 9.50. The molecule has 1 aromatic heterocycles. The number of hydrogen-bond donors (Lipinski definition) is 2. The van der Waals surface area contributed by atoms with E-state index in [1.807, 2.05) is 24.3 Å². The maximum absolute atomic E-state index is 13.1. The van der Waals surface area contributed by atoms with Crippen LogP contribution in [0, 0.1) is 35.0 Å². The van der Waals surface area contributed by atoms with Gasteiger partial charge in [0, 0.05) is 43.9 Å². The van der Waals surface area contributed by atoms with E-state index in [1.165, 1.54) is 19.3 Å². The Bertz CT molecular complexity index is 1700. The lowest BCUT2D eigenvalue weighted by molar-refractivity contribution is -0.0391. The third-order valence-electron chi connectivity index (χ3n) is 10.1. The van der Waals surface area contributed by atoms with E-state index in [9.17, 15) is 18.3 Å². The molecule has 5 aliphatic rings. The van der Waals surface area contributed by atoms with Crippen LogP contribution in [-0.2, 0) is 16.6 Å². The van der Waals surface area contributed by atoms with Crippen LogP contribution in [0.4, 0.5) is 5.82 Å². The fourth-order valence-electron chi connectivity index (χ4n) is 8.59. The maximum Gasteiger partial charge on any atom is 0.285 e. The van der Waals surface area contributed by atoms with E-state index < -0.39 is 15.9 Å². The van der Waals surface area contributed by atoms with Crippen molar-refractivity contribution < 1.29 is 18.3 Å². The smallest absolute Gasteiger partial charge is 0.285 e. The lowest BCUT2D eigenvalue weighted by Gasteiger charge is -2.56. The third kappa shape index (κ3) is 6.85. The highest BCUT2D eigenvalue weighted by atomic mass is 32.2. The van der Waals surface area contributed by atoms with Crippen molar-refractivity contribution in [1.29, 1.82) is 0 Å². The van der Waals surface area contributed by atoms with Crippen molar-refractivity contribution in [1.82, 2.24) is 19.8 Å². The molecule has 2 heterocycles. The summed E-state index contributed by atoms with van der Waals surface area (Å²) in [6.45, 7) is 3.90. The number of hydrogen-bond acceptors (Lipinski definition) is 8. The molecular formula is C35H39N5O4S. The van der Waals surface area contributed by atoms with Gasteiger partial charge in [0.05, 0.1) is 5.75 Å². The van der Waals surface area contributed by atoms with Crippen LogP contribution < -0.4 is 9.62 Å². The van der Waals surface area contributed by atoms with Gasteiger partial charge < -0.3 is 10.0 Å². The van der Waals surface area contributed by atoms with Crippen LogP contribution in [-0.4, -0.2) is 66.5 Å². The first kappa shape index (κ1) is 29.8. The first-order valence-corrected chi connectivity index (χ1v) is 17.6. The highest BCUT2D eigenvalue weighted by molar-refractivity contribution is 7.90. The number of aromatic nitrogens is 2. The molecule has 3 aromatic rings. The summed E-state index contributed by atoms with van der Waals surface area (Å²) in [6, 6.07) is 18.4. The largest absolute Gasteiger partial charge is 0.508 e. The SMILES string of the molecule is O=C(NS(=O)(=O)CC12CC3CC(CC(C3)C1)C2)c1ccc(N2CCN(Cc3ccccc3C#Cc3cccc(O)c3)CC2)nn1. The molecule has 8 rings (SSSR count). The Kier molecular flexibility index (Phi) is 8.00. The number of nitrogens with one attached hydrogen (secondary N) is 1. The normalized spacial score (nSPS) is 25.9. The summed E-state index contributed by atoms with van der Waals surface area (Å²) in [7, 11) is -3.78. The standard InChI is InChI=1S/C35H39N5O4S/c41-31-7-3-4-25(19-31)8-9-29-5-1-2-6-30(29)23-39-12-14-40(15-13-39)33-11-10-32(36-37-33)34(42)38-45(43,44)24-35-20-26-16-27(21-35)18-28(17-26)22-35/h1-7,10-11,19,26-28,41H,12-18,20-24H2,(H,38,42). The van der Waals surface area contributed by atoms with E-state index in [-0.39, 0.29) is 22.6 Å². The average Bonchev–Trinajstić information content (AvgIpc) is 3.00. The summed E-state index contributed by atoms with van der Waals surface area (Å²) in [6.07, 6.45) is 6.64. The van der Waals surface area contributed by atoms with Crippen molar-refractivity contribution in [3.63, 3.8) is 0 Å². The predicted molar refractivity (Wildman–Crippen MR) is 172 cm³/mol. The van der Waals surface area contributed by atoms with Crippen LogP contribution in [0.15, 0.2) is 60.7 Å². The maximum atomic E-state index is 13.1. The highest BCUT2D eigenvalue weighted by Crippen LogP contribution is 2.60. The Labute approximate surface area is 265 Å². The summed E-state index contributed by atoms with van der Waals surface area (Å²) < 4.78 is 28.5. The van der Waals surface area contributed by atoms with Crippen molar-refractivity contribution in [3.8, 4) is 17.6 Å². The lowest BCUT2D eigenvalue weighted by Crippen LogP contribution is -2.51. The van der Waals surface area contributed by atoms with Gasteiger partial charge in [0.25, 0.3) is 5.91 Å². The number of sulfonamides is 1. The second-order valence-corrected chi connectivity index (χ2v) is 15.3. The van der Waals surface area contributed by atoms with Gasteiger partial charge >= 0.3 is 0 Å². The van der Waals surface area contributed by atoms with Gasteiger partial charge in [-0.05, 0) is 104 Å². The number of anilines is 1. The van der Waals surface area contributed by atoms with Crippen LogP contribution in [0.1, 0.15) is 65.7 Å². The van der Waals surface area contributed by atoms with Crippen LogP contribution >= 0.6 is 0 Å². The highest BCUT2D eigenvalue weighted by Gasteiger charge is 2.52. The van der Waals surface area contributed by atoms with Gasteiger partial charge in [-0.15, -0.1) is 10.2 Å². The topological polar surface area (TPSA) is 116 Å². The molecule has 2 aromatic carbocycles. The summed E-state index contributed by atoms with van der Waals surface area (Å²) in [5.74, 6) is 8.53. The number of rotatable bonds is 7. The monoisotopic (exact) mass is 625 g/mol. The molecule has 10 heteroatoms. The van der Waals surface area contributed by atoms with Crippen molar-refractivity contribution >= 4 is 21.7 Å². The number of carbonyl (C=O) groups excluding carboxylic acids is 1. The summed E-state index contributed by atoms with van der Waals surface area (Å²) in [4.78, 5) is 17.4. The minimum Gasteiger partial charge on any atom is -0.508 e. The number of piperazine rings is 1. The molecule has 0 radical (unpaired) electrons. The van der Waals surface area contributed by atoms with Gasteiger partial charge in [-0.25, -0.2) is 13.1 Å². The zero-order valence-corrected chi connectivity index (χ0v) is 26.2. The van der Waals surface area contributed by atoms with Crippen LogP contribution in [0.3, 0.4) is 0 Å². The molecule has 4 bridgehead atoms. The Balaban J connectivity index is 0.925. The van der Waals surface area contributed by atoms with Gasteiger partial charge in [0.1, 0.15) is 5.75 Å². The molecule has 4 aliphatic carbocycles. The Hall–Kier alpha value is -3.94. The molecule has 1 saturated heterocycles. The number of nitrogens with zero attached hydrogens (tertiary/aromatic N) is 4. The Morgan fingerprint density at radius 3 is 2.27 bits per heavy atom. The minimum atomic E-state index is -3.78. The number of benzene rings is 2. The fourth-order valence-corrected chi connectivity index (χ4v) is 10.2. The second-order valence-electron chi connectivity index (χ2n) is 13.6. The van der Waals surface area contributed by atoms with E-state index in [1.54, 1.807) is 30.3 Å². The summed E-state index contributed by atoms with van der Waals surface area (Å²) >= 11 is 0. The third-order valence-corrected chi connectivity index (χ3v) is 11.6. The zero-order valence-electron chi connectivity index (χ0n) is 25.4. The molecular weight excluding hydrogens is 586 g/mol. The van der Waals surface area contributed by atoms with Gasteiger partial charge in [-0.1, -0.05) is 36.1 Å². The van der Waals surface area contributed by atoms with Crippen molar-refractivity contribution in [2.24, 2.45) is 23.2 Å². The van der Waals surface area contributed by atoms with E-state index in [0.29, 0.717) is 23.6 Å². The average molecular weight is 626 g/mol. The molecule has 9 nitrogen and oxygen atoms in total. The zero-order chi connectivity index (χ0) is 31.0. The van der Waals surface area contributed by atoms with E-state index >= 15 is 0 Å². The molecule has 45 heavy (non-hydrogen) atoms. The van der Waals surface area contributed by atoms with Crippen molar-refractivity contribution in [2.75, 3.05) is 36.8 Å². The molecule has 234 valence electrons. The molecule has 1 amide bonds. The fraction of sp³-hybridized carbons (Fsp3) is 0.457. The van der Waals surface area contributed by atoms with Gasteiger partial charge in [0.2, 0.25) is 10.0 Å². The van der Waals surface area contributed by atoms with Crippen LogP contribution in [0.25, 0.3) is 0 Å². The second kappa shape index (κ2) is 12.1. The Morgan fingerprint density at radius 1 is 0.889 bits per heavy atom. The van der Waals surface area contributed by atoms with Crippen molar-refractivity contribution in [3.05, 3.63) is 83.0 Å². The number of phenols is 1. The molecule has 0 atom stereocenters. The number of aromatic hydroxyl groups is 1. The minimum absolute atomic E-state index is 0.00917. The van der Waals surface area contributed by atoms with Gasteiger partial charge in [-0.2, -0.15) is 0 Å². The van der Waals surface area contributed by atoms with Gasteiger partial charge in [0.15, 0.2) is 11.5 Å². The van der Waals surface area contributed by atoms with E-state index in [2.05, 4.69) is 42.6 Å². The van der Waals surface area contributed by atoms with E-state index in [4.69, 9.17) is 0 Å². The quantitative estimate of drug-likeness (QED) is 0.376. The molecule has 4 saturated carbocycles. The predicted octanol–water partition coefficient (Wildman–Crippen LogP) is 4.18. The van der Waals surface area contributed by atoms with E-state index in [0.717, 1.165) is 68.7 Å². The van der Waals surface area contributed by atoms with Crippen LogP contribution in [0.5, 0.6) is 5.75 Å². The molecule has 5 fully saturated rings. The summed E-state index contributed by atoms with van der Waals surface area (Å²) in [5.41, 5.74) is 2.70. The molecule has 2 N–H and O–H groups in total. The van der Waals surface area contributed by atoms with Gasteiger partial charge in [-0.3, -0.25) is 9.69 Å². The Morgan fingerprint density at radius 2 is 1.60 bits per heavy atom. The molecule has 1 aliphatic heterocycles. The first-order chi connectivity index (χ1) is 21.7. The first-order valence-electron chi connectivity index (χ1n) is 16.0. The molecule has 0 unspecified atom stereocenters.